The molecule has 2 heterocycles. The Hall–Kier alpha value is -3.13. The molecule has 0 bridgehead atoms. The zero-order valence-electron chi connectivity index (χ0n) is 15.8. The van der Waals surface area contributed by atoms with E-state index in [1.165, 1.54) is 11.8 Å². The van der Waals surface area contributed by atoms with Gasteiger partial charge in [0.25, 0.3) is 11.1 Å². The van der Waals surface area contributed by atoms with Crippen LogP contribution >= 0.6 is 11.8 Å². The van der Waals surface area contributed by atoms with Crippen LogP contribution in [0, 0.1) is 0 Å². The van der Waals surface area contributed by atoms with Gasteiger partial charge in [-0.3, -0.25) is 9.59 Å². The van der Waals surface area contributed by atoms with Crippen LogP contribution in [-0.4, -0.2) is 34.2 Å². The summed E-state index contributed by atoms with van der Waals surface area (Å²) in [5.74, 6) is 1.18. The normalized spacial score (nSPS) is 12.9. The Balaban J connectivity index is 1.43. The molecule has 1 amide bonds. The van der Waals surface area contributed by atoms with E-state index >= 15 is 0 Å². The number of carbonyl (C=O) groups is 2. The molecule has 0 aliphatic carbocycles. The molecule has 0 fully saturated rings. The summed E-state index contributed by atoms with van der Waals surface area (Å²) in [5.41, 5.74) is 3.08. The average Bonchev–Trinajstić information content (AvgIpc) is 3.21. The standard InChI is InChI=1S/C21H19N3O4S/c1-2-27-18-6-4-3-5-15(18)20-23-24-21(28-20)29-12-17(25)14-7-9-16-13(11-14)8-10-19(26)22-16/h3-7,9,11H,2,8,10,12H2,1H3,(H,22,26). The minimum absolute atomic E-state index is 0.00485. The van der Waals surface area contributed by atoms with Crippen molar-refractivity contribution < 1.29 is 18.7 Å². The summed E-state index contributed by atoms with van der Waals surface area (Å²) in [4.78, 5) is 24.0. The van der Waals surface area contributed by atoms with E-state index < -0.39 is 0 Å². The molecule has 2 aromatic carbocycles. The summed E-state index contributed by atoms with van der Waals surface area (Å²) < 4.78 is 11.3. The van der Waals surface area contributed by atoms with Gasteiger partial charge in [-0.15, -0.1) is 10.2 Å². The Kier molecular flexibility index (Phi) is 5.62. The first-order valence-corrected chi connectivity index (χ1v) is 10.3. The highest BCUT2D eigenvalue weighted by atomic mass is 32.2. The quantitative estimate of drug-likeness (QED) is 0.466. The number of para-hydroxylation sites is 1. The molecule has 1 aromatic heterocycles. The second-order valence-electron chi connectivity index (χ2n) is 6.43. The molecule has 148 valence electrons. The molecule has 0 saturated carbocycles. The molecule has 0 saturated heterocycles. The van der Waals surface area contributed by atoms with Gasteiger partial charge < -0.3 is 14.5 Å². The number of benzene rings is 2. The number of hydrogen-bond donors (Lipinski definition) is 1. The van der Waals surface area contributed by atoms with Gasteiger partial charge >= 0.3 is 0 Å². The number of nitrogens with one attached hydrogen (secondary N) is 1. The van der Waals surface area contributed by atoms with E-state index in [2.05, 4.69) is 15.5 Å². The molecule has 29 heavy (non-hydrogen) atoms. The van der Waals surface area contributed by atoms with Crippen molar-refractivity contribution in [3.8, 4) is 17.2 Å². The molecule has 0 unspecified atom stereocenters. The molecule has 3 aromatic rings. The van der Waals surface area contributed by atoms with E-state index in [1.807, 2.05) is 37.3 Å². The zero-order chi connectivity index (χ0) is 20.2. The molecular weight excluding hydrogens is 390 g/mol. The fourth-order valence-electron chi connectivity index (χ4n) is 3.07. The Morgan fingerprint density at radius 1 is 1.21 bits per heavy atom. The summed E-state index contributed by atoms with van der Waals surface area (Å²) >= 11 is 1.20. The van der Waals surface area contributed by atoms with Crippen LogP contribution in [0.4, 0.5) is 5.69 Å². The van der Waals surface area contributed by atoms with Crippen LogP contribution in [0.15, 0.2) is 52.1 Å². The smallest absolute Gasteiger partial charge is 0.277 e. The van der Waals surface area contributed by atoms with Crippen LogP contribution in [0.5, 0.6) is 5.75 Å². The lowest BCUT2D eigenvalue weighted by Crippen LogP contribution is -2.19. The first-order chi connectivity index (χ1) is 14.1. The Morgan fingerprint density at radius 2 is 2.07 bits per heavy atom. The van der Waals surface area contributed by atoms with E-state index in [0.29, 0.717) is 41.9 Å². The molecule has 1 aliphatic rings. The summed E-state index contributed by atoms with van der Waals surface area (Å²) in [7, 11) is 0. The van der Waals surface area contributed by atoms with Gasteiger partial charge in [-0.05, 0) is 49.2 Å². The number of thioether (sulfide) groups is 1. The molecule has 1 N–H and O–H groups in total. The number of nitrogens with zero attached hydrogens (tertiary/aromatic N) is 2. The monoisotopic (exact) mass is 409 g/mol. The number of hydrogen-bond acceptors (Lipinski definition) is 7. The second-order valence-corrected chi connectivity index (χ2v) is 7.36. The number of amides is 1. The van der Waals surface area contributed by atoms with Crippen molar-refractivity contribution in [3.05, 3.63) is 53.6 Å². The van der Waals surface area contributed by atoms with Gasteiger partial charge in [0, 0.05) is 17.7 Å². The van der Waals surface area contributed by atoms with E-state index in [1.54, 1.807) is 12.1 Å². The first kappa shape index (κ1) is 19.2. The van der Waals surface area contributed by atoms with Crippen molar-refractivity contribution in [1.82, 2.24) is 10.2 Å². The molecule has 7 nitrogen and oxygen atoms in total. The zero-order valence-corrected chi connectivity index (χ0v) is 16.6. The van der Waals surface area contributed by atoms with Gasteiger partial charge in [-0.25, -0.2) is 0 Å². The molecule has 0 atom stereocenters. The van der Waals surface area contributed by atoms with Crippen LogP contribution in [0.25, 0.3) is 11.5 Å². The van der Waals surface area contributed by atoms with E-state index in [4.69, 9.17) is 9.15 Å². The van der Waals surface area contributed by atoms with E-state index in [-0.39, 0.29) is 17.4 Å². The maximum absolute atomic E-state index is 12.6. The summed E-state index contributed by atoms with van der Waals surface area (Å²) in [5, 5.41) is 11.2. The van der Waals surface area contributed by atoms with Crippen molar-refractivity contribution >= 4 is 29.1 Å². The number of ether oxygens (including phenoxy) is 1. The van der Waals surface area contributed by atoms with Gasteiger partial charge in [0.05, 0.1) is 17.9 Å². The fourth-order valence-corrected chi connectivity index (χ4v) is 3.73. The highest BCUT2D eigenvalue weighted by Gasteiger charge is 2.18. The second kappa shape index (κ2) is 8.48. The van der Waals surface area contributed by atoms with Crippen LogP contribution < -0.4 is 10.1 Å². The van der Waals surface area contributed by atoms with Gasteiger partial charge in [0.2, 0.25) is 5.91 Å². The third-order valence-corrected chi connectivity index (χ3v) is 5.29. The Morgan fingerprint density at radius 3 is 2.93 bits per heavy atom. The van der Waals surface area contributed by atoms with Crippen LogP contribution in [-0.2, 0) is 11.2 Å². The molecule has 4 rings (SSSR count). The summed E-state index contributed by atoms with van der Waals surface area (Å²) in [6, 6.07) is 12.8. The highest BCUT2D eigenvalue weighted by molar-refractivity contribution is 7.99. The minimum Gasteiger partial charge on any atom is -0.493 e. The van der Waals surface area contributed by atoms with Crippen LogP contribution in [0.3, 0.4) is 0 Å². The van der Waals surface area contributed by atoms with E-state index in [9.17, 15) is 9.59 Å². The van der Waals surface area contributed by atoms with E-state index in [0.717, 1.165) is 16.8 Å². The summed E-state index contributed by atoms with van der Waals surface area (Å²) in [6.45, 7) is 2.44. The highest BCUT2D eigenvalue weighted by Crippen LogP contribution is 2.31. The van der Waals surface area contributed by atoms with Gasteiger partial charge in [-0.1, -0.05) is 23.9 Å². The number of aryl methyl sites for hydroxylation is 1. The number of fused-ring (bicyclic) bond motifs is 1. The number of carbonyl (C=O) groups excluding carboxylic acids is 2. The SMILES string of the molecule is CCOc1ccccc1-c1nnc(SCC(=O)c2ccc3c(c2)CCC(=O)N3)o1. The van der Waals surface area contributed by atoms with Crippen molar-refractivity contribution in [2.24, 2.45) is 0 Å². The summed E-state index contributed by atoms with van der Waals surface area (Å²) in [6.07, 6.45) is 1.08. The molecular formula is C21H19N3O4S. The minimum atomic E-state index is -0.0378. The lowest BCUT2D eigenvalue weighted by Gasteiger charge is -2.17. The molecule has 0 radical (unpaired) electrons. The largest absolute Gasteiger partial charge is 0.493 e. The molecule has 1 aliphatic heterocycles. The average molecular weight is 409 g/mol. The lowest BCUT2D eigenvalue weighted by molar-refractivity contribution is -0.116. The maximum atomic E-state index is 12.6. The molecule has 0 spiro atoms. The van der Waals surface area contributed by atoms with Crippen LogP contribution in [0.2, 0.25) is 0 Å². The predicted octanol–water partition coefficient (Wildman–Crippen LogP) is 4.00. The topological polar surface area (TPSA) is 94.3 Å². The van der Waals surface area contributed by atoms with Crippen LogP contribution in [0.1, 0.15) is 29.3 Å². The van der Waals surface area contributed by atoms with Crippen molar-refractivity contribution in [1.29, 1.82) is 0 Å². The van der Waals surface area contributed by atoms with Gasteiger partial charge in [-0.2, -0.15) is 0 Å². The number of rotatable bonds is 7. The fraction of sp³-hybridized carbons (Fsp3) is 0.238. The number of aromatic nitrogens is 2. The van der Waals surface area contributed by atoms with Crippen molar-refractivity contribution in [2.45, 2.75) is 25.0 Å². The van der Waals surface area contributed by atoms with Gasteiger partial charge in [0.1, 0.15) is 5.75 Å². The Bertz CT molecular complexity index is 1060. The maximum Gasteiger partial charge on any atom is 0.277 e. The van der Waals surface area contributed by atoms with Crippen molar-refractivity contribution in [3.63, 3.8) is 0 Å². The van der Waals surface area contributed by atoms with Gasteiger partial charge in [0.15, 0.2) is 5.78 Å². The van der Waals surface area contributed by atoms with Crippen molar-refractivity contribution in [2.75, 3.05) is 17.7 Å². The number of Topliss-reactive ketones (excluding diaryl/α,β-unsaturated/α-hetero) is 1. The predicted molar refractivity (Wildman–Crippen MR) is 109 cm³/mol. The first-order valence-electron chi connectivity index (χ1n) is 9.28. The number of anilines is 1. The third-order valence-electron chi connectivity index (χ3n) is 4.47. The lowest BCUT2D eigenvalue weighted by atomic mass is 9.99. The third kappa shape index (κ3) is 4.32. The Labute approximate surface area is 171 Å². The molecule has 8 heteroatoms. The number of ketones is 1.